The van der Waals surface area contributed by atoms with Crippen LogP contribution in [0.4, 0.5) is 5.69 Å². The second-order valence-corrected chi connectivity index (χ2v) is 13.2. The highest BCUT2D eigenvalue weighted by atomic mass is 35.5. The van der Waals surface area contributed by atoms with Crippen LogP contribution in [0.2, 0.25) is 10.0 Å². The molecule has 0 saturated heterocycles. The standard InChI is InChI=1S/C32H39Cl2N3O5S/c1-5-23(2)35-32(39)29(20-24-11-7-6-8-12-24)36(22-25-13-9-14-26(33)19-25)31(38)15-10-18-37(43(4,40)41)27-16-17-30(42-3)28(34)21-27/h6-9,11-14,16-17,19,21,23,29H,5,10,15,18,20,22H2,1-4H3,(H,35,39). The van der Waals surface area contributed by atoms with Crippen molar-refractivity contribution in [3.63, 3.8) is 0 Å². The van der Waals surface area contributed by atoms with Crippen LogP contribution in [-0.2, 0) is 32.6 Å². The molecular formula is C32H39Cl2N3O5S. The Balaban J connectivity index is 1.90. The summed E-state index contributed by atoms with van der Waals surface area (Å²) in [5.74, 6) is -0.105. The van der Waals surface area contributed by atoms with Crippen molar-refractivity contribution >= 4 is 50.7 Å². The first kappa shape index (κ1) is 34.2. The lowest BCUT2D eigenvalue weighted by Gasteiger charge is -2.32. The number of nitrogens with one attached hydrogen (secondary N) is 1. The van der Waals surface area contributed by atoms with E-state index in [1.807, 2.05) is 50.2 Å². The Hall–Kier alpha value is -3.27. The Labute approximate surface area is 265 Å². The van der Waals surface area contributed by atoms with Crippen molar-refractivity contribution < 1.29 is 22.7 Å². The second-order valence-electron chi connectivity index (χ2n) is 10.4. The van der Waals surface area contributed by atoms with E-state index in [9.17, 15) is 18.0 Å². The van der Waals surface area contributed by atoms with E-state index in [-0.39, 0.29) is 48.8 Å². The molecule has 0 aromatic heterocycles. The Morgan fingerprint density at radius 3 is 2.28 bits per heavy atom. The summed E-state index contributed by atoms with van der Waals surface area (Å²) in [5, 5.41) is 3.84. The molecular weight excluding hydrogens is 609 g/mol. The highest BCUT2D eigenvalue weighted by molar-refractivity contribution is 7.92. The van der Waals surface area contributed by atoms with Crippen molar-refractivity contribution in [1.82, 2.24) is 10.2 Å². The molecule has 0 heterocycles. The molecule has 0 aliphatic rings. The fraction of sp³-hybridized carbons (Fsp3) is 0.375. The minimum Gasteiger partial charge on any atom is -0.495 e. The van der Waals surface area contributed by atoms with E-state index in [1.54, 1.807) is 35.2 Å². The van der Waals surface area contributed by atoms with Gasteiger partial charge in [-0.1, -0.05) is 72.6 Å². The van der Waals surface area contributed by atoms with Gasteiger partial charge in [-0.2, -0.15) is 0 Å². The number of halogens is 2. The van der Waals surface area contributed by atoms with Gasteiger partial charge in [-0.15, -0.1) is 0 Å². The molecule has 3 aromatic carbocycles. The quantitative estimate of drug-likeness (QED) is 0.215. The van der Waals surface area contributed by atoms with Crippen LogP contribution in [0.25, 0.3) is 0 Å². The molecule has 0 spiro atoms. The third-order valence-electron chi connectivity index (χ3n) is 7.09. The molecule has 8 nitrogen and oxygen atoms in total. The van der Waals surface area contributed by atoms with Crippen LogP contribution in [0, 0.1) is 0 Å². The Morgan fingerprint density at radius 2 is 1.67 bits per heavy atom. The number of carbonyl (C=O) groups is 2. The molecule has 3 rings (SSSR count). The van der Waals surface area contributed by atoms with Crippen LogP contribution in [0.3, 0.4) is 0 Å². The first-order valence-corrected chi connectivity index (χ1v) is 16.7. The normalized spacial score (nSPS) is 12.7. The number of carbonyl (C=O) groups excluding carboxylic acids is 2. The van der Waals surface area contributed by atoms with Crippen LogP contribution in [0.15, 0.2) is 72.8 Å². The molecule has 0 saturated carbocycles. The van der Waals surface area contributed by atoms with Crippen molar-refractivity contribution in [3.8, 4) is 5.75 Å². The number of ether oxygens (including phenoxy) is 1. The van der Waals surface area contributed by atoms with Crippen molar-refractivity contribution in [2.24, 2.45) is 0 Å². The number of benzene rings is 3. The van der Waals surface area contributed by atoms with Crippen LogP contribution in [0.5, 0.6) is 5.75 Å². The summed E-state index contributed by atoms with van der Waals surface area (Å²) in [6.45, 7) is 4.11. The predicted molar refractivity (Wildman–Crippen MR) is 173 cm³/mol. The first-order valence-electron chi connectivity index (χ1n) is 14.1. The zero-order valence-corrected chi connectivity index (χ0v) is 27.3. The average molecular weight is 649 g/mol. The number of anilines is 1. The first-order chi connectivity index (χ1) is 20.4. The van der Waals surface area contributed by atoms with Gasteiger partial charge in [0, 0.05) is 37.0 Å². The number of methoxy groups -OCH3 is 1. The summed E-state index contributed by atoms with van der Waals surface area (Å²) < 4.78 is 31.8. The summed E-state index contributed by atoms with van der Waals surface area (Å²) in [6.07, 6.45) is 2.39. The average Bonchev–Trinajstić information content (AvgIpc) is 2.96. The lowest BCUT2D eigenvalue weighted by Crippen LogP contribution is -2.52. The summed E-state index contributed by atoms with van der Waals surface area (Å²) in [6, 6.07) is 20.6. The van der Waals surface area contributed by atoms with Crippen LogP contribution >= 0.6 is 23.2 Å². The van der Waals surface area contributed by atoms with Crippen LogP contribution < -0.4 is 14.4 Å². The minimum atomic E-state index is -3.68. The summed E-state index contributed by atoms with van der Waals surface area (Å²) in [4.78, 5) is 29.2. The van der Waals surface area contributed by atoms with Gasteiger partial charge < -0.3 is 15.0 Å². The molecule has 0 fully saturated rings. The van der Waals surface area contributed by atoms with E-state index < -0.39 is 16.1 Å². The third kappa shape index (κ3) is 10.2. The smallest absolute Gasteiger partial charge is 0.243 e. The van der Waals surface area contributed by atoms with E-state index in [1.165, 1.54) is 17.5 Å². The molecule has 232 valence electrons. The summed E-state index contributed by atoms with van der Waals surface area (Å²) >= 11 is 12.5. The second kappa shape index (κ2) is 16.0. The fourth-order valence-electron chi connectivity index (χ4n) is 4.64. The number of hydrogen-bond donors (Lipinski definition) is 1. The van der Waals surface area contributed by atoms with Gasteiger partial charge >= 0.3 is 0 Å². The van der Waals surface area contributed by atoms with Gasteiger partial charge in [0.1, 0.15) is 11.8 Å². The lowest BCUT2D eigenvalue weighted by atomic mass is 10.0. The van der Waals surface area contributed by atoms with Gasteiger partial charge in [0.15, 0.2) is 0 Å². The molecule has 0 aliphatic carbocycles. The van der Waals surface area contributed by atoms with E-state index >= 15 is 0 Å². The van der Waals surface area contributed by atoms with Gasteiger partial charge in [0.2, 0.25) is 21.8 Å². The van der Waals surface area contributed by atoms with E-state index in [0.717, 1.165) is 23.8 Å². The van der Waals surface area contributed by atoms with E-state index in [2.05, 4.69) is 5.32 Å². The van der Waals surface area contributed by atoms with Crippen LogP contribution in [0.1, 0.15) is 44.2 Å². The number of sulfonamides is 1. The third-order valence-corrected chi connectivity index (χ3v) is 8.81. The van der Waals surface area contributed by atoms with Crippen molar-refractivity contribution in [1.29, 1.82) is 0 Å². The molecule has 1 N–H and O–H groups in total. The highest BCUT2D eigenvalue weighted by Gasteiger charge is 2.31. The SMILES string of the molecule is CCC(C)NC(=O)C(Cc1ccccc1)N(Cc1cccc(Cl)c1)C(=O)CCCN(c1ccc(OC)c(Cl)c1)S(C)(=O)=O. The van der Waals surface area contributed by atoms with E-state index in [4.69, 9.17) is 27.9 Å². The molecule has 2 unspecified atom stereocenters. The Bertz CT molecular complexity index is 1490. The molecule has 2 atom stereocenters. The lowest BCUT2D eigenvalue weighted by molar-refractivity contribution is -0.141. The largest absolute Gasteiger partial charge is 0.495 e. The summed E-state index contributed by atoms with van der Waals surface area (Å²) in [7, 11) is -2.21. The van der Waals surface area contributed by atoms with Gasteiger partial charge in [0.05, 0.1) is 24.1 Å². The number of nitrogens with zero attached hydrogens (tertiary/aromatic N) is 2. The molecule has 0 bridgehead atoms. The highest BCUT2D eigenvalue weighted by Crippen LogP contribution is 2.30. The Morgan fingerprint density at radius 1 is 0.977 bits per heavy atom. The maximum Gasteiger partial charge on any atom is 0.243 e. The molecule has 43 heavy (non-hydrogen) atoms. The van der Waals surface area contributed by atoms with Gasteiger partial charge in [-0.05, 0) is 61.2 Å². The molecule has 11 heteroatoms. The zero-order chi connectivity index (χ0) is 31.6. The maximum absolute atomic E-state index is 13.9. The van der Waals surface area contributed by atoms with Crippen LogP contribution in [-0.4, -0.2) is 57.1 Å². The monoisotopic (exact) mass is 647 g/mol. The molecule has 3 aromatic rings. The number of hydrogen-bond acceptors (Lipinski definition) is 5. The van der Waals surface area contributed by atoms with Crippen molar-refractivity contribution in [2.45, 2.75) is 58.2 Å². The molecule has 0 radical (unpaired) electrons. The fourth-order valence-corrected chi connectivity index (χ4v) is 6.06. The van der Waals surface area contributed by atoms with Gasteiger partial charge in [0.25, 0.3) is 0 Å². The number of amides is 2. The molecule has 0 aliphatic heterocycles. The maximum atomic E-state index is 13.9. The van der Waals surface area contributed by atoms with Gasteiger partial charge in [-0.3, -0.25) is 13.9 Å². The number of rotatable bonds is 15. The predicted octanol–water partition coefficient (Wildman–Crippen LogP) is 6.10. The van der Waals surface area contributed by atoms with E-state index in [0.29, 0.717) is 22.9 Å². The summed E-state index contributed by atoms with van der Waals surface area (Å²) in [5.41, 5.74) is 2.06. The van der Waals surface area contributed by atoms with Gasteiger partial charge in [-0.25, -0.2) is 8.42 Å². The molecule has 2 amide bonds. The van der Waals surface area contributed by atoms with Crippen molar-refractivity contribution in [2.75, 3.05) is 24.2 Å². The topological polar surface area (TPSA) is 96.0 Å². The minimum absolute atomic E-state index is 0.0123. The Kier molecular flexibility index (Phi) is 12.7. The zero-order valence-electron chi connectivity index (χ0n) is 24.9. The van der Waals surface area contributed by atoms with Crippen molar-refractivity contribution in [3.05, 3.63) is 94.0 Å².